The van der Waals surface area contributed by atoms with E-state index in [0.717, 1.165) is 6.29 Å². The average molecular weight is 176 g/mol. The topological polar surface area (TPSA) is 58.2 Å². The quantitative estimate of drug-likeness (QED) is 0.624. The second kappa shape index (κ2) is 2.90. The number of carbonyl (C=O) groups is 2. The van der Waals surface area contributed by atoms with Crippen LogP contribution < -0.4 is 10.6 Å². The molecule has 0 unspecified atom stereocenters. The van der Waals surface area contributed by atoms with Crippen molar-refractivity contribution in [1.82, 2.24) is 0 Å². The lowest BCUT2D eigenvalue weighted by atomic mass is 10.1. The molecule has 4 heteroatoms. The number of amides is 1. The minimum absolute atomic E-state index is 0.0875. The third kappa shape index (κ3) is 1.26. The van der Waals surface area contributed by atoms with Crippen molar-refractivity contribution in [2.45, 2.75) is 0 Å². The van der Waals surface area contributed by atoms with Crippen LogP contribution in [0.1, 0.15) is 10.4 Å². The number of anilines is 2. The highest BCUT2D eigenvalue weighted by Crippen LogP contribution is 2.27. The fraction of sp³-hybridized carbons (Fsp3) is 0.111. The highest BCUT2D eigenvalue weighted by Gasteiger charge is 2.15. The predicted molar refractivity (Wildman–Crippen MR) is 48.9 cm³/mol. The van der Waals surface area contributed by atoms with Crippen LogP contribution in [0.2, 0.25) is 0 Å². The van der Waals surface area contributed by atoms with Crippen molar-refractivity contribution < 1.29 is 9.59 Å². The lowest BCUT2D eigenvalue weighted by molar-refractivity contribution is -0.114. The highest BCUT2D eigenvalue weighted by atomic mass is 16.2. The summed E-state index contributed by atoms with van der Waals surface area (Å²) in [6, 6.07) is 5.19. The van der Waals surface area contributed by atoms with E-state index in [4.69, 9.17) is 0 Å². The molecule has 0 aliphatic carbocycles. The Morgan fingerprint density at radius 2 is 2.23 bits per heavy atom. The predicted octanol–water partition coefficient (Wildman–Crippen LogP) is 0.863. The molecule has 0 atom stereocenters. The van der Waals surface area contributed by atoms with E-state index in [-0.39, 0.29) is 12.5 Å². The van der Waals surface area contributed by atoms with Crippen molar-refractivity contribution in [3.63, 3.8) is 0 Å². The number of fused-ring (bicyclic) bond motifs is 1. The normalized spacial score (nSPS) is 14.0. The number of benzene rings is 1. The van der Waals surface area contributed by atoms with Crippen LogP contribution >= 0.6 is 0 Å². The van der Waals surface area contributed by atoms with Crippen molar-refractivity contribution in [2.75, 3.05) is 17.2 Å². The maximum absolute atomic E-state index is 11.0. The summed E-state index contributed by atoms with van der Waals surface area (Å²) in [7, 11) is 0. The lowest BCUT2D eigenvalue weighted by Crippen LogP contribution is -2.27. The number of para-hydroxylation sites is 1. The van der Waals surface area contributed by atoms with E-state index in [1.165, 1.54) is 0 Å². The molecule has 1 amide bonds. The SMILES string of the molecule is O=Cc1cccc2c1NCC(=O)N2. The zero-order chi connectivity index (χ0) is 9.26. The molecule has 2 rings (SSSR count). The van der Waals surface area contributed by atoms with Gasteiger partial charge in [0.15, 0.2) is 6.29 Å². The molecular formula is C9H8N2O2. The standard InChI is InChI=1S/C9H8N2O2/c12-5-6-2-1-3-7-9(6)10-4-8(13)11-7/h1-3,5,10H,4H2,(H,11,13). The Morgan fingerprint density at radius 1 is 1.38 bits per heavy atom. The van der Waals surface area contributed by atoms with E-state index in [1.807, 2.05) is 0 Å². The molecule has 13 heavy (non-hydrogen) atoms. The molecule has 0 fully saturated rings. The minimum Gasteiger partial charge on any atom is -0.374 e. The van der Waals surface area contributed by atoms with Gasteiger partial charge in [-0.2, -0.15) is 0 Å². The molecule has 4 nitrogen and oxygen atoms in total. The average Bonchev–Trinajstić information content (AvgIpc) is 2.16. The third-order valence-electron chi connectivity index (χ3n) is 1.92. The second-order valence-corrected chi connectivity index (χ2v) is 2.79. The van der Waals surface area contributed by atoms with E-state index in [1.54, 1.807) is 18.2 Å². The van der Waals surface area contributed by atoms with Crippen molar-refractivity contribution in [1.29, 1.82) is 0 Å². The number of rotatable bonds is 1. The molecule has 0 radical (unpaired) electrons. The zero-order valence-corrected chi connectivity index (χ0v) is 6.83. The number of carbonyl (C=O) groups excluding carboxylic acids is 2. The van der Waals surface area contributed by atoms with Crippen molar-refractivity contribution in [3.05, 3.63) is 23.8 Å². The molecule has 0 saturated heterocycles. The Balaban J connectivity index is 2.51. The van der Waals surface area contributed by atoms with Crippen molar-refractivity contribution in [3.8, 4) is 0 Å². The van der Waals surface area contributed by atoms with Gasteiger partial charge in [0.1, 0.15) is 0 Å². The van der Waals surface area contributed by atoms with Crippen LogP contribution in [0.15, 0.2) is 18.2 Å². The van der Waals surface area contributed by atoms with E-state index in [0.29, 0.717) is 16.9 Å². The van der Waals surface area contributed by atoms with Gasteiger partial charge in [-0.25, -0.2) is 0 Å². The fourth-order valence-corrected chi connectivity index (χ4v) is 1.33. The summed E-state index contributed by atoms with van der Waals surface area (Å²) >= 11 is 0. The van der Waals surface area contributed by atoms with Crippen LogP contribution in [0.3, 0.4) is 0 Å². The molecule has 1 aliphatic rings. The Morgan fingerprint density at radius 3 is 3.00 bits per heavy atom. The number of hydrogen-bond acceptors (Lipinski definition) is 3. The fourth-order valence-electron chi connectivity index (χ4n) is 1.33. The molecule has 1 aromatic carbocycles. The first-order valence-corrected chi connectivity index (χ1v) is 3.93. The Hall–Kier alpha value is -1.84. The molecule has 0 saturated carbocycles. The first-order chi connectivity index (χ1) is 6.31. The first kappa shape index (κ1) is 7.79. The Kier molecular flexibility index (Phi) is 1.73. The van der Waals surface area contributed by atoms with Crippen molar-refractivity contribution in [2.24, 2.45) is 0 Å². The number of nitrogens with one attached hydrogen (secondary N) is 2. The summed E-state index contributed by atoms with van der Waals surface area (Å²) in [4.78, 5) is 21.6. The zero-order valence-electron chi connectivity index (χ0n) is 6.83. The van der Waals surface area contributed by atoms with Gasteiger partial charge in [-0.1, -0.05) is 6.07 Å². The summed E-state index contributed by atoms with van der Waals surface area (Å²) < 4.78 is 0. The van der Waals surface area contributed by atoms with Crippen LogP contribution in [0, 0.1) is 0 Å². The molecule has 2 N–H and O–H groups in total. The Bertz CT molecular complexity index is 374. The minimum atomic E-state index is -0.0875. The molecular weight excluding hydrogens is 168 g/mol. The van der Waals surface area contributed by atoms with Crippen LogP contribution in [0.5, 0.6) is 0 Å². The van der Waals surface area contributed by atoms with E-state index in [2.05, 4.69) is 10.6 Å². The summed E-state index contributed by atoms with van der Waals surface area (Å²) in [5.41, 5.74) is 1.94. The monoisotopic (exact) mass is 176 g/mol. The molecule has 1 aromatic rings. The summed E-state index contributed by atoms with van der Waals surface area (Å²) in [6.45, 7) is 0.220. The highest BCUT2D eigenvalue weighted by molar-refractivity contribution is 6.04. The van der Waals surface area contributed by atoms with E-state index < -0.39 is 0 Å². The number of aldehydes is 1. The van der Waals surface area contributed by atoms with Gasteiger partial charge in [-0.3, -0.25) is 9.59 Å². The third-order valence-corrected chi connectivity index (χ3v) is 1.92. The molecule has 66 valence electrons. The second-order valence-electron chi connectivity index (χ2n) is 2.79. The smallest absolute Gasteiger partial charge is 0.243 e. The van der Waals surface area contributed by atoms with Crippen LogP contribution in [-0.4, -0.2) is 18.7 Å². The van der Waals surface area contributed by atoms with Gasteiger partial charge in [-0.05, 0) is 12.1 Å². The summed E-state index contributed by atoms with van der Waals surface area (Å²) in [5.74, 6) is -0.0875. The van der Waals surface area contributed by atoms with Crippen molar-refractivity contribution >= 4 is 23.6 Å². The molecule has 0 bridgehead atoms. The van der Waals surface area contributed by atoms with Crippen LogP contribution in [-0.2, 0) is 4.79 Å². The van der Waals surface area contributed by atoms with E-state index in [9.17, 15) is 9.59 Å². The van der Waals surface area contributed by atoms with Crippen LogP contribution in [0.4, 0.5) is 11.4 Å². The first-order valence-electron chi connectivity index (χ1n) is 3.93. The largest absolute Gasteiger partial charge is 0.374 e. The van der Waals surface area contributed by atoms with Gasteiger partial charge in [-0.15, -0.1) is 0 Å². The molecule has 1 aliphatic heterocycles. The molecule has 1 heterocycles. The molecule has 0 aromatic heterocycles. The summed E-state index contributed by atoms with van der Waals surface area (Å²) in [6.07, 6.45) is 0.767. The van der Waals surface area contributed by atoms with Gasteiger partial charge >= 0.3 is 0 Å². The Labute approximate surface area is 74.9 Å². The molecule has 0 spiro atoms. The van der Waals surface area contributed by atoms with Gasteiger partial charge in [0.2, 0.25) is 5.91 Å². The maximum atomic E-state index is 11.0. The van der Waals surface area contributed by atoms with E-state index >= 15 is 0 Å². The van der Waals surface area contributed by atoms with Gasteiger partial charge in [0, 0.05) is 5.56 Å². The maximum Gasteiger partial charge on any atom is 0.243 e. The van der Waals surface area contributed by atoms with Gasteiger partial charge < -0.3 is 10.6 Å². The van der Waals surface area contributed by atoms with Gasteiger partial charge in [0.25, 0.3) is 0 Å². The van der Waals surface area contributed by atoms with Crippen LogP contribution in [0.25, 0.3) is 0 Å². The summed E-state index contributed by atoms with van der Waals surface area (Å²) in [5, 5.41) is 5.56. The van der Waals surface area contributed by atoms with Gasteiger partial charge in [0.05, 0.1) is 17.9 Å². The number of hydrogen-bond donors (Lipinski definition) is 2. The lowest BCUT2D eigenvalue weighted by Gasteiger charge is -2.19.